The minimum Gasteiger partial charge on any atom is -0.454 e. The summed E-state index contributed by atoms with van der Waals surface area (Å²) in [6, 6.07) is 5.17. The van der Waals surface area contributed by atoms with Gasteiger partial charge in [-0.2, -0.15) is 0 Å². The molecule has 1 aliphatic heterocycles. The molecule has 2 N–H and O–H groups in total. The van der Waals surface area contributed by atoms with Crippen LogP contribution in [0.4, 0.5) is 23.0 Å². The van der Waals surface area contributed by atoms with E-state index in [0.29, 0.717) is 23.7 Å². The molecule has 0 fully saturated rings. The van der Waals surface area contributed by atoms with E-state index in [2.05, 4.69) is 20.6 Å². The molecule has 0 aliphatic carbocycles. The highest BCUT2D eigenvalue weighted by Crippen LogP contribution is 2.37. The number of aromatic nitrogens is 2. The summed E-state index contributed by atoms with van der Waals surface area (Å²) < 4.78 is 10.5. The fraction of sp³-hybridized carbons (Fsp3) is 0.286. The van der Waals surface area contributed by atoms with Gasteiger partial charge in [-0.25, -0.2) is 9.97 Å². The highest BCUT2D eigenvalue weighted by Gasteiger charge is 2.23. The van der Waals surface area contributed by atoms with E-state index in [1.54, 1.807) is 18.2 Å². The van der Waals surface area contributed by atoms with Gasteiger partial charge in [0.05, 0.1) is 4.92 Å². The summed E-state index contributed by atoms with van der Waals surface area (Å²) in [7, 11) is 0. The summed E-state index contributed by atoms with van der Waals surface area (Å²) in [5.74, 6) is 1.52. The van der Waals surface area contributed by atoms with Crippen molar-refractivity contribution in [1.82, 2.24) is 9.97 Å². The van der Waals surface area contributed by atoms with Crippen LogP contribution in [0.15, 0.2) is 24.5 Å². The molecule has 0 unspecified atom stereocenters. The predicted octanol–water partition coefficient (Wildman–Crippen LogP) is 2.68. The van der Waals surface area contributed by atoms with Gasteiger partial charge < -0.3 is 20.1 Å². The second-order valence-electron chi connectivity index (χ2n) is 4.80. The molecule has 9 heteroatoms. The highest BCUT2D eigenvalue weighted by atomic mass is 16.7. The molecule has 9 nitrogen and oxygen atoms in total. The molecule has 0 radical (unpaired) electrons. The first-order valence-electron chi connectivity index (χ1n) is 7.09. The quantitative estimate of drug-likeness (QED) is 0.618. The van der Waals surface area contributed by atoms with Crippen molar-refractivity contribution < 1.29 is 14.4 Å². The Morgan fingerprint density at radius 2 is 2.04 bits per heavy atom. The molecule has 0 bridgehead atoms. The van der Waals surface area contributed by atoms with Crippen molar-refractivity contribution in [2.24, 2.45) is 0 Å². The summed E-state index contributed by atoms with van der Waals surface area (Å²) in [4.78, 5) is 18.8. The van der Waals surface area contributed by atoms with Gasteiger partial charge >= 0.3 is 5.69 Å². The lowest BCUT2D eigenvalue weighted by Crippen LogP contribution is -2.08. The van der Waals surface area contributed by atoms with E-state index in [0.717, 1.165) is 6.42 Å². The molecule has 0 amide bonds. The summed E-state index contributed by atoms with van der Waals surface area (Å²) in [6.45, 7) is 2.71. The molecule has 120 valence electrons. The molecule has 3 rings (SSSR count). The minimum absolute atomic E-state index is 0.113. The van der Waals surface area contributed by atoms with Crippen LogP contribution in [0.1, 0.15) is 13.3 Å². The molecule has 0 spiro atoms. The van der Waals surface area contributed by atoms with Gasteiger partial charge in [-0.05, 0) is 18.6 Å². The third-order valence-electron chi connectivity index (χ3n) is 3.18. The van der Waals surface area contributed by atoms with Crippen LogP contribution in [-0.4, -0.2) is 28.2 Å². The van der Waals surface area contributed by atoms with Crippen molar-refractivity contribution in [3.63, 3.8) is 0 Å². The van der Waals surface area contributed by atoms with Crippen LogP contribution in [0.2, 0.25) is 0 Å². The number of rotatable bonds is 6. The molecule has 2 aromatic rings. The zero-order valence-electron chi connectivity index (χ0n) is 12.4. The van der Waals surface area contributed by atoms with Gasteiger partial charge in [-0.15, -0.1) is 0 Å². The van der Waals surface area contributed by atoms with Crippen molar-refractivity contribution >= 4 is 23.0 Å². The van der Waals surface area contributed by atoms with Crippen LogP contribution in [0.25, 0.3) is 0 Å². The number of fused-ring (bicyclic) bond motifs is 1. The van der Waals surface area contributed by atoms with Gasteiger partial charge in [0, 0.05) is 18.3 Å². The summed E-state index contributed by atoms with van der Waals surface area (Å²) >= 11 is 0. The smallest absolute Gasteiger partial charge is 0.353 e. The first kappa shape index (κ1) is 14.8. The van der Waals surface area contributed by atoms with Crippen molar-refractivity contribution in [2.45, 2.75) is 13.3 Å². The van der Waals surface area contributed by atoms with E-state index in [1.165, 1.54) is 6.33 Å². The van der Waals surface area contributed by atoms with Crippen LogP contribution in [0.3, 0.4) is 0 Å². The van der Waals surface area contributed by atoms with E-state index < -0.39 is 4.92 Å². The third-order valence-corrected chi connectivity index (χ3v) is 3.18. The maximum atomic E-state index is 11.4. The van der Waals surface area contributed by atoms with Gasteiger partial charge in [0.2, 0.25) is 18.4 Å². The first-order valence-corrected chi connectivity index (χ1v) is 7.09. The van der Waals surface area contributed by atoms with Crippen molar-refractivity contribution in [2.75, 3.05) is 24.0 Å². The molecule has 1 aliphatic rings. The number of hydrogen-bond donors (Lipinski definition) is 2. The van der Waals surface area contributed by atoms with Crippen LogP contribution >= 0.6 is 0 Å². The van der Waals surface area contributed by atoms with E-state index in [1.807, 2.05) is 6.92 Å². The van der Waals surface area contributed by atoms with E-state index >= 15 is 0 Å². The Morgan fingerprint density at radius 3 is 2.83 bits per heavy atom. The number of nitrogens with zero attached hydrogens (tertiary/aromatic N) is 3. The predicted molar refractivity (Wildman–Crippen MR) is 83.3 cm³/mol. The number of nitro groups is 1. The molecule has 1 aromatic heterocycles. The van der Waals surface area contributed by atoms with E-state index in [4.69, 9.17) is 9.47 Å². The minimum atomic E-state index is -0.507. The lowest BCUT2D eigenvalue weighted by Gasteiger charge is -2.10. The fourth-order valence-electron chi connectivity index (χ4n) is 2.13. The van der Waals surface area contributed by atoms with Crippen LogP contribution in [0.5, 0.6) is 11.5 Å². The average molecular weight is 317 g/mol. The lowest BCUT2D eigenvalue weighted by molar-refractivity contribution is -0.383. The van der Waals surface area contributed by atoms with Gasteiger partial charge in [-0.1, -0.05) is 6.92 Å². The molecule has 23 heavy (non-hydrogen) atoms. The monoisotopic (exact) mass is 317 g/mol. The van der Waals surface area contributed by atoms with Crippen LogP contribution < -0.4 is 20.1 Å². The van der Waals surface area contributed by atoms with Crippen LogP contribution in [-0.2, 0) is 0 Å². The third kappa shape index (κ3) is 3.07. The number of hydrogen-bond acceptors (Lipinski definition) is 8. The van der Waals surface area contributed by atoms with Crippen molar-refractivity contribution in [1.29, 1.82) is 0 Å². The van der Waals surface area contributed by atoms with E-state index in [9.17, 15) is 10.1 Å². The first-order chi connectivity index (χ1) is 11.2. The molecule has 0 saturated heterocycles. The summed E-state index contributed by atoms with van der Waals surface area (Å²) in [5.41, 5.74) is 0.413. The Labute approximate surface area is 131 Å². The number of ether oxygens (including phenoxy) is 2. The standard InChI is InChI=1S/C14H15N5O4/c1-2-5-15-13-12(19(20)21)14(17-7-16-13)18-9-3-4-10-11(6-9)23-8-22-10/h3-4,6-7H,2,5,8H2,1H3,(H2,15,16,17,18). The molecule has 0 atom stereocenters. The Bertz CT molecular complexity index is 737. The Balaban J connectivity index is 1.91. The molecule has 0 saturated carbocycles. The Morgan fingerprint density at radius 1 is 1.26 bits per heavy atom. The SMILES string of the molecule is CCCNc1ncnc(Nc2ccc3c(c2)OCO3)c1[N+](=O)[O-]. The van der Waals surface area contributed by atoms with Crippen molar-refractivity contribution in [3.05, 3.63) is 34.6 Å². The second-order valence-corrected chi connectivity index (χ2v) is 4.80. The Hall–Kier alpha value is -3.10. The molecule has 2 heterocycles. The normalized spacial score (nSPS) is 12.0. The average Bonchev–Trinajstić information content (AvgIpc) is 3.00. The summed E-state index contributed by atoms with van der Waals surface area (Å²) in [6.07, 6.45) is 2.10. The second kappa shape index (κ2) is 6.34. The van der Waals surface area contributed by atoms with Gasteiger partial charge in [0.15, 0.2) is 11.5 Å². The highest BCUT2D eigenvalue weighted by molar-refractivity contribution is 5.74. The molecular formula is C14H15N5O4. The van der Waals surface area contributed by atoms with E-state index in [-0.39, 0.29) is 24.1 Å². The lowest BCUT2D eigenvalue weighted by atomic mass is 10.2. The Kier molecular flexibility index (Phi) is 4.09. The van der Waals surface area contributed by atoms with Gasteiger partial charge in [0.1, 0.15) is 6.33 Å². The molecule has 1 aromatic carbocycles. The number of anilines is 3. The maximum absolute atomic E-state index is 11.4. The fourth-order valence-corrected chi connectivity index (χ4v) is 2.13. The maximum Gasteiger partial charge on any atom is 0.353 e. The van der Waals surface area contributed by atoms with Gasteiger partial charge in [0.25, 0.3) is 0 Å². The number of nitrogens with one attached hydrogen (secondary N) is 2. The number of benzene rings is 1. The largest absolute Gasteiger partial charge is 0.454 e. The van der Waals surface area contributed by atoms with Crippen LogP contribution in [0, 0.1) is 10.1 Å². The topological polar surface area (TPSA) is 111 Å². The zero-order valence-corrected chi connectivity index (χ0v) is 12.4. The zero-order chi connectivity index (χ0) is 16.2. The summed E-state index contributed by atoms with van der Waals surface area (Å²) in [5, 5.41) is 17.3. The van der Waals surface area contributed by atoms with Gasteiger partial charge in [-0.3, -0.25) is 10.1 Å². The molecular weight excluding hydrogens is 302 g/mol. The van der Waals surface area contributed by atoms with Crippen molar-refractivity contribution in [3.8, 4) is 11.5 Å².